The van der Waals surface area contributed by atoms with Crippen molar-refractivity contribution in [3.8, 4) is 0 Å². The van der Waals surface area contributed by atoms with Gasteiger partial charge < -0.3 is 15.8 Å². The molecule has 1 saturated carbocycles. The summed E-state index contributed by atoms with van der Waals surface area (Å²) in [5.41, 5.74) is 6.27. The summed E-state index contributed by atoms with van der Waals surface area (Å²) >= 11 is 0. The Bertz CT molecular complexity index is 261. The van der Waals surface area contributed by atoms with Crippen molar-refractivity contribution in [2.24, 2.45) is 11.7 Å². The minimum Gasteiger partial charge on any atom is -0.378 e. The van der Waals surface area contributed by atoms with Crippen LogP contribution >= 0.6 is 0 Å². The van der Waals surface area contributed by atoms with E-state index in [0.29, 0.717) is 18.1 Å². The van der Waals surface area contributed by atoms with Crippen LogP contribution in [0.3, 0.4) is 0 Å². The van der Waals surface area contributed by atoms with Crippen LogP contribution in [0.4, 0.5) is 0 Å². The molecule has 0 aromatic heterocycles. The summed E-state index contributed by atoms with van der Waals surface area (Å²) < 4.78 is 5.91. The molecule has 2 aliphatic rings. The van der Waals surface area contributed by atoms with Gasteiger partial charge >= 0.3 is 0 Å². The molecule has 3 heteroatoms. The molecule has 3 N–H and O–H groups in total. The Morgan fingerprint density at radius 1 is 1.21 bits per heavy atom. The number of nitrogens with two attached hydrogens (primary N) is 1. The van der Waals surface area contributed by atoms with Gasteiger partial charge in [-0.3, -0.25) is 0 Å². The summed E-state index contributed by atoms with van der Waals surface area (Å²) in [6.45, 7) is 6.11. The first kappa shape index (κ1) is 15.3. The Morgan fingerprint density at radius 2 is 1.89 bits per heavy atom. The van der Waals surface area contributed by atoms with Gasteiger partial charge in [0.1, 0.15) is 0 Å². The fourth-order valence-electron chi connectivity index (χ4n) is 3.61. The maximum absolute atomic E-state index is 6.14. The Kier molecular flexibility index (Phi) is 5.67. The number of nitrogens with one attached hydrogen (secondary N) is 1. The highest BCUT2D eigenvalue weighted by Crippen LogP contribution is 2.30. The molecule has 3 nitrogen and oxygen atoms in total. The van der Waals surface area contributed by atoms with Gasteiger partial charge in [0.25, 0.3) is 0 Å². The lowest BCUT2D eigenvalue weighted by Gasteiger charge is -2.44. The molecule has 2 fully saturated rings. The molecular formula is C16H32N2O. The van der Waals surface area contributed by atoms with Gasteiger partial charge in [-0.15, -0.1) is 0 Å². The molecule has 2 unspecified atom stereocenters. The van der Waals surface area contributed by atoms with E-state index in [4.69, 9.17) is 10.5 Å². The van der Waals surface area contributed by atoms with Gasteiger partial charge in [-0.2, -0.15) is 0 Å². The number of ether oxygens (including phenoxy) is 1. The van der Waals surface area contributed by atoms with Crippen molar-refractivity contribution in [2.45, 2.75) is 82.9 Å². The van der Waals surface area contributed by atoms with Gasteiger partial charge in [-0.05, 0) is 31.6 Å². The first-order valence-corrected chi connectivity index (χ1v) is 8.24. The third kappa shape index (κ3) is 4.17. The van der Waals surface area contributed by atoms with Crippen molar-refractivity contribution < 1.29 is 4.74 Å². The van der Waals surface area contributed by atoms with Crippen molar-refractivity contribution in [3.05, 3.63) is 0 Å². The Hall–Kier alpha value is -0.120. The summed E-state index contributed by atoms with van der Waals surface area (Å²) in [4.78, 5) is 0. The van der Waals surface area contributed by atoms with Crippen LogP contribution in [0.15, 0.2) is 0 Å². The molecule has 0 radical (unpaired) electrons. The van der Waals surface area contributed by atoms with Crippen molar-refractivity contribution in [2.75, 3.05) is 13.2 Å². The molecule has 1 saturated heterocycles. The van der Waals surface area contributed by atoms with Crippen LogP contribution in [0.2, 0.25) is 0 Å². The zero-order valence-electron chi connectivity index (χ0n) is 12.8. The van der Waals surface area contributed by atoms with Crippen LogP contribution in [0, 0.1) is 5.92 Å². The molecule has 112 valence electrons. The van der Waals surface area contributed by atoms with E-state index in [1.54, 1.807) is 0 Å². The van der Waals surface area contributed by atoms with Gasteiger partial charge in [0.2, 0.25) is 0 Å². The lowest BCUT2D eigenvalue weighted by molar-refractivity contribution is -0.0522. The predicted molar refractivity (Wildman–Crippen MR) is 80.2 cm³/mol. The van der Waals surface area contributed by atoms with E-state index in [2.05, 4.69) is 19.2 Å². The molecule has 2 atom stereocenters. The third-order valence-corrected chi connectivity index (χ3v) is 5.00. The molecule has 0 bridgehead atoms. The highest BCUT2D eigenvalue weighted by Gasteiger charge is 2.38. The summed E-state index contributed by atoms with van der Waals surface area (Å²) in [5.74, 6) is 0.585. The highest BCUT2D eigenvalue weighted by atomic mass is 16.5. The molecule has 19 heavy (non-hydrogen) atoms. The van der Waals surface area contributed by atoms with Crippen molar-refractivity contribution in [1.29, 1.82) is 0 Å². The zero-order valence-corrected chi connectivity index (χ0v) is 12.8. The van der Waals surface area contributed by atoms with Gasteiger partial charge in [-0.25, -0.2) is 0 Å². The largest absolute Gasteiger partial charge is 0.378 e. The number of rotatable bonds is 4. The standard InChI is InChI=1S/C16H32N2O/c1-13(2)15-11-16(12-17,9-10-19-15)18-14-7-5-3-4-6-8-14/h13-15,18H,3-12,17H2,1-2H3. The minimum absolute atomic E-state index is 0.127. The van der Waals surface area contributed by atoms with Crippen molar-refractivity contribution in [3.63, 3.8) is 0 Å². The van der Waals surface area contributed by atoms with Gasteiger partial charge in [0.05, 0.1) is 6.10 Å². The smallest absolute Gasteiger partial charge is 0.0616 e. The summed E-state index contributed by atoms with van der Waals surface area (Å²) in [7, 11) is 0. The average molecular weight is 268 g/mol. The van der Waals surface area contributed by atoms with Gasteiger partial charge in [0.15, 0.2) is 0 Å². The molecule has 1 heterocycles. The fraction of sp³-hybridized carbons (Fsp3) is 1.00. The maximum Gasteiger partial charge on any atom is 0.0616 e. The van der Waals surface area contributed by atoms with E-state index in [1.165, 1.54) is 38.5 Å². The van der Waals surface area contributed by atoms with Crippen molar-refractivity contribution in [1.82, 2.24) is 5.32 Å². The first-order chi connectivity index (χ1) is 9.15. The van der Waals surface area contributed by atoms with Gasteiger partial charge in [0, 0.05) is 24.7 Å². The molecule has 0 aromatic rings. The quantitative estimate of drug-likeness (QED) is 0.771. The Morgan fingerprint density at radius 3 is 2.47 bits per heavy atom. The molecular weight excluding hydrogens is 236 g/mol. The van der Waals surface area contributed by atoms with E-state index in [-0.39, 0.29) is 5.54 Å². The van der Waals surface area contributed by atoms with Crippen LogP contribution < -0.4 is 11.1 Å². The lowest BCUT2D eigenvalue weighted by atomic mass is 9.82. The average Bonchev–Trinajstić information content (AvgIpc) is 2.67. The van der Waals surface area contributed by atoms with Crippen LogP contribution in [0.5, 0.6) is 0 Å². The minimum atomic E-state index is 0.127. The molecule has 0 amide bonds. The second-order valence-electron chi connectivity index (χ2n) is 6.92. The summed E-state index contributed by atoms with van der Waals surface area (Å²) in [6.07, 6.45) is 10.8. The Labute approximate surface area is 118 Å². The van der Waals surface area contributed by atoms with Gasteiger partial charge in [-0.1, -0.05) is 39.5 Å². The second kappa shape index (κ2) is 7.05. The van der Waals surface area contributed by atoms with Crippen LogP contribution in [0.25, 0.3) is 0 Å². The van der Waals surface area contributed by atoms with E-state index in [0.717, 1.165) is 26.0 Å². The second-order valence-corrected chi connectivity index (χ2v) is 6.92. The maximum atomic E-state index is 6.14. The van der Waals surface area contributed by atoms with E-state index in [9.17, 15) is 0 Å². The number of hydrogen-bond donors (Lipinski definition) is 2. The van der Waals surface area contributed by atoms with E-state index < -0.39 is 0 Å². The summed E-state index contributed by atoms with van der Waals surface area (Å²) in [5, 5.41) is 3.94. The fourth-order valence-corrected chi connectivity index (χ4v) is 3.61. The topological polar surface area (TPSA) is 47.3 Å². The van der Waals surface area contributed by atoms with Crippen LogP contribution in [0.1, 0.15) is 65.2 Å². The highest BCUT2D eigenvalue weighted by molar-refractivity contribution is 4.97. The lowest BCUT2D eigenvalue weighted by Crippen LogP contribution is -2.60. The molecule has 2 rings (SSSR count). The monoisotopic (exact) mass is 268 g/mol. The molecule has 1 aliphatic carbocycles. The van der Waals surface area contributed by atoms with E-state index >= 15 is 0 Å². The predicted octanol–water partition coefficient (Wildman–Crippen LogP) is 2.83. The van der Waals surface area contributed by atoms with Crippen LogP contribution in [-0.4, -0.2) is 30.8 Å². The SMILES string of the molecule is CC(C)C1CC(CN)(NC2CCCCCC2)CCO1. The zero-order chi connectivity index (χ0) is 13.7. The third-order valence-electron chi connectivity index (χ3n) is 5.00. The van der Waals surface area contributed by atoms with Crippen molar-refractivity contribution >= 4 is 0 Å². The van der Waals surface area contributed by atoms with E-state index in [1.807, 2.05) is 0 Å². The summed E-state index contributed by atoms with van der Waals surface area (Å²) in [6, 6.07) is 0.678. The number of hydrogen-bond acceptors (Lipinski definition) is 3. The molecule has 0 spiro atoms. The first-order valence-electron chi connectivity index (χ1n) is 8.24. The normalized spacial score (nSPS) is 34.4. The molecule has 1 aliphatic heterocycles. The molecule has 0 aromatic carbocycles. The Balaban J connectivity index is 1.96. The van der Waals surface area contributed by atoms with Crippen LogP contribution in [-0.2, 0) is 4.74 Å².